The molecule has 1 atom stereocenters. The van der Waals surface area contributed by atoms with Gasteiger partial charge < -0.3 is 0 Å². The van der Waals surface area contributed by atoms with E-state index in [4.69, 9.17) is 4.18 Å². The Morgan fingerprint density at radius 3 is 2.53 bits per heavy atom. The third kappa shape index (κ3) is 3.89. The van der Waals surface area contributed by atoms with Crippen molar-refractivity contribution in [1.29, 1.82) is 0 Å². The molecule has 1 unspecified atom stereocenters. The van der Waals surface area contributed by atoms with Crippen molar-refractivity contribution in [2.45, 2.75) is 13.0 Å². The second-order valence-electron chi connectivity index (χ2n) is 3.12. The highest BCUT2D eigenvalue weighted by Crippen LogP contribution is 2.24. The van der Waals surface area contributed by atoms with Crippen LogP contribution >= 0.6 is 15.9 Å². The van der Waals surface area contributed by atoms with Crippen LogP contribution in [0.1, 0.15) is 18.6 Å². The molecule has 0 N–H and O–H groups in total. The van der Waals surface area contributed by atoms with Crippen LogP contribution in [-0.2, 0) is 14.3 Å². The van der Waals surface area contributed by atoms with Gasteiger partial charge in [0, 0.05) is 0 Å². The SMILES string of the molecule is CC(OS(C)(=O)=O)c1ccc(F)c(Br)c1. The quantitative estimate of drug-likeness (QED) is 0.806. The largest absolute Gasteiger partial charge is 0.264 e. The Morgan fingerprint density at radius 1 is 1.47 bits per heavy atom. The first-order chi connectivity index (χ1) is 6.79. The lowest BCUT2D eigenvalue weighted by atomic mass is 10.1. The van der Waals surface area contributed by atoms with Gasteiger partial charge in [-0.25, -0.2) is 4.39 Å². The van der Waals surface area contributed by atoms with Crippen molar-refractivity contribution < 1.29 is 17.0 Å². The maximum atomic E-state index is 12.9. The molecule has 1 aromatic carbocycles. The van der Waals surface area contributed by atoms with E-state index in [-0.39, 0.29) is 4.47 Å². The average molecular weight is 297 g/mol. The monoisotopic (exact) mass is 296 g/mol. The normalized spacial score (nSPS) is 13.9. The van der Waals surface area contributed by atoms with Gasteiger partial charge in [-0.3, -0.25) is 4.18 Å². The van der Waals surface area contributed by atoms with E-state index in [1.54, 1.807) is 6.92 Å². The molecule has 0 spiro atoms. The van der Waals surface area contributed by atoms with Gasteiger partial charge in [0.05, 0.1) is 16.8 Å². The van der Waals surface area contributed by atoms with Crippen LogP contribution in [0.15, 0.2) is 22.7 Å². The number of hydrogen-bond donors (Lipinski definition) is 0. The third-order valence-electron chi connectivity index (χ3n) is 1.73. The number of hydrogen-bond acceptors (Lipinski definition) is 3. The maximum absolute atomic E-state index is 12.9. The Bertz CT molecular complexity index is 458. The van der Waals surface area contributed by atoms with Crippen LogP contribution in [-0.4, -0.2) is 14.7 Å². The fraction of sp³-hybridized carbons (Fsp3) is 0.333. The number of benzene rings is 1. The summed E-state index contributed by atoms with van der Waals surface area (Å²) >= 11 is 3.01. The molecule has 0 fully saturated rings. The van der Waals surface area contributed by atoms with Gasteiger partial charge >= 0.3 is 0 Å². The van der Waals surface area contributed by atoms with Gasteiger partial charge in [0.25, 0.3) is 10.1 Å². The second kappa shape index (κ2) is 4.59. The van der Waals surface area contributed by atoms with E-state index >= 15 is 0 Å². The number of rotatable bonds is 3. The number of halogens is 2. The van der Waals surface area contributed by atoms with E-state index in [0.29, 0.717) is 5.56 Å². The van der Waals surface area contributed by atoms with Gasteiger partial charge in [-0.2, -0.15) is 8.42 Å². The first kappa shape index (κ1) is 12.6. The summed E-state index contributed by atoms with van der Waals surface area (Å²) in [6.07, 6.45) is 0.346. The van der Waals surface area contributed by atoms with Crippen LogP contribution < -0.4 is 0 Å². The summed E-state index contributed by atoms with van der Waals surface area (Å²) in [5, 5.41) is 0. The highest BCUT2D eigenvalue weighted by Gasteiger charge is 2.13. The smallest absolute Gasteiger partial charge is 0.262 e. The predicted octanol–water partition coefficient (Wildman–Crippen LogP) is 2.63. The fourth-order valence-electron chi connectivity index (χ4n) is 1.08. The standard InChI is InChI=1S/C9H10BrFO3S/c1-6(14-15(2,12)13)7-3-4-9(11)8(10)5-7/h3-6H,1-2H3. The lowest BCUT2D eigenvalue weighted by Gasteiger charge is -2.11. The van der Waals surface area contributed by atoms with E-state index in [1.807, 2.05) is 0 Å². The van der Waals surface area contributed by atoms with Gasteiger partial charge in [-0.15, -0.1) is 0 Å². The predicted molar refractivity (Wildman–Crippen MR) is 58.4 cm³/mol. The minimum atomic E-state index is -3.50. The Kier molecular flexibility index (Phi) is 3.86. The van der Waals surface area contributed by atoms with Crippen molar-refractivity contribution >= 4 is 26.0 Å². The van der Waals surface area contributed by atoms with Crippen molar-refractivity contribution in [3.8, 4) is 0 Å². The molecule has 0 aliphatic heterocycles. The minimum Gasteiger partial charge on any atom is -0.262 e. The first-order valence-electron chi connectivity index (χ1n) is 4.13. The molecule has 0 aromatic heterocycles. The van der Waals surface area contributed by atoms with Crippen LogP contribution in [0.5, 0.6) is 0 Å². The summed E-state index contributed by atoms with van der Waals surface area (Å²) in [6.45, 7) is 1.58. The van der Waals surface area contributed by atoms with E-state index in [2.05, 4.69) is 15.9 Å². The summed E-state index contributed by atoms with van der Waals surface area (Å²) in [7, 11) is -3.50. The van der Waals surface area contributed by atoms with Crippen LogP contribution in [0.4, 0.5) is 4.39 Å². The van der Waals surface area contributed by atoms with Crippen molar-refractivity contribution in [2.75, 3.05) is 6.26 Å². The zero-order chi connectivity index (χ0) is 11.6. The molecular weight excluding hydrogens is 287 g/mol. The summed E-state index contributed by atoms with van der Waals surface area (Å²) < 4.78 is 39.6. The Morgan fingerprint density at radius 2 is 2.07 bits per heavy atom. The third-order valence-corrected chi connectivity index (χ3v) is 2.98. The molecule has 6 heteroatoms. The molecule has 1 aromatic rings. The van der Waals surface area contributed by atoms with Crippen LogP contribution in [0.25, 0.3) is 0 Å². The fourth-order valence-corrected chi connectivity index (χ4v) is 2.11. The molecule has 3 nitrogen and oxygen atoms in total. The first-order valence-corrected chi connectivity index (χ1v) is 6.74. The van der Waals surface area contributed by atoms with E-state index in [9.17, 15) is 12.8 Å². The zero-order valence-corrected chi connectivity index (χ0v) is 10.6. The zero-order valence-electron chi connectivity index (χ0n) is 8.20. The Hall–Kier alpha value is -0.460. The summed E-state index contributed by atoms with van der Waals surface area (Å²) in [4.78, 5) is 0. The van der Waals surface area contributed by atoms with Gasteiger partial charge in [0.15, 0.2) is 0 Å². The lowest BCUT2D eigenvalue weighted by Crippen LogP contribution is -2.07. The van der Waals surface area contributed by atoms with Gasteiger partial charge in [-0.1, -0.05) is 6.07 Å². The molecule has 0 radical (unpaired) electrons. The minimum absolute atomic E-state index is 0.281. The van der Waals surface area contributed by atoms with Gasteiger partial charge in [0.1, 0.15) is 5.82 Å². The van der Waals surface area contributed by atoms with Crippen molar-refractivity contribution in [2.24, 2.45) is 0 Å². The van der Waals surface area contributed by atoms with Crippen LogP contribution in [0.2, 0.25) is 0 Å². The molecule has 0 heterocycles. The highest BCUT2D eigenvalue weighted by atomic mass is 79.9. The molecule has 0 aliphatic rings. The Balaban J connectivity index is 2.92. The highest BCUT2D eigenvalue weighted by molar-refractivity contribution is 9.10. The summed E-state index contributed by atoms with van der Waals surface area (Å²) in [5.74, 6) is -0.398. The molecule has 1 rings (SSSR count). The maximum Gasteiger partial charge on any atom is 0.264 e. The molecule has 0 saturated heterocycles. The van der Waals surface area contributed by atoms with Crippen molar-refractivity contribution in [3.05, 3.63) is 34.1 Å². The topological polar surface area (TPSA) is 43.4 Å². The molecule has 0 bridgehead atoms. The van der Waals surface area contributed by atoms with Crippen LogP contribution in [0, 0.1) is 5.82 Å². The molecule has 0 amide bonds. The van der Waals surface area contributed by atoms with Crippen LogP contribution in [0.3, 0.4) is 0 Å². The lowest BCUT2D eigenvalue weighted by molar-refractivity contribution is 0.236. The molecule has 0 aliphatic carbocycles. The van der Waals surface area contributed by atoms with Gasteiger partial charge in [0.2, 0.25) is 0 Å². The molecular formula is C9H10BrFO3S. The Labute approximate surface area is 96.5 Å². The van der Waals surface area contributed by atoms with E-state index < -0.39 is 22.0 Å². The average Bonchev–Trinajstić information content (AvgIpc) is 2.06. The molecule has 15 heavy (non-hydrogen) atoms. The second-order valence-corrected chi connectivity index (χ2v) is 5.57. The summed E-state index contributed by atoms with van der Waals surface area (Å²) in [5.41, 5.74) is 0.591. The van der Waals surface area contributed by atoms with Crippen molar-refractivity contribution in [1.82, 2.24) is 0 Å². The van der Waals surface area contributed by atoms with E-state index in [0.717, 1.165) is 6.26 Å². The van der Waals surface area contributed by atoms with E-state index in [1.165, 1.54) is 18.2 Å². The summed E-state index contributed by atoms with van der Waals surface area (Å²) in [6, 6.07) is 4.22. The van der Waals surface area contributed by atoms with Gasteiger partial charge in [-0.05, 0) is 40.5 Å². The molecule has 84 valence electrons. The van der Waals surface area contributed by atoms with Crippen molar-refractivity contribution in [3.63, 3.8) is 0 Å². The molecule has 0 saturated carbocycles.